The summed E-state index contributed by atoms with van der Waals surface area (Å²) in [7, 11) is -30.9. The number of nitrogens with two attached hydrogens (primary N) is 1. The second-order valence-corrected chi connectivity index (χ2v) is 13.0. The Labute approximate surface area is 190 Å². The Balaban J connectivity index is 4.80. The van der Waals surface area contributed by atoms with E-state index in [2.05, 4.69) is 5.73 Å². The van der Waals surface area contributed by atoms with Crippen molar-refractivity contribution in [3.8, 4) is 0 Å². The quantitative estimate of drug-likeness (QED) is 0.451. The molecule has 0 bridgehead atoms. The predicted molar refractivity (Wildman–Crippen MR) is 87.0 cm³/mol. The zero-order valence-electron chi connectivity index (χ0n) is 15.5. The number of alkyl halides is 12. The van der Waals surface area contributed by atoms with Crippen LogP contribution in [0.25, 0.3) is 0 Å². The van der Waals surface area contributed by atoms with E-state index in [0.717, 1.165) is 0 Å². The van der Waals surface area contributed by atoms with Crippen molar-refractivity contribution in [2.75, 3.05) is 10.5 Å². The highest BCUT2D eigenvalue weighted by molar-refractivity contribution is 7.97. The van der Waals surface area contributed by atoms with Crippen LogP contribution in [0.5, 0.6) is 0 Å². The highest BCUT2D eigenvalue weighted by Crippen LogP contribution is 2.48. The molecule has 0 aliphatic carbocycles. The topological polar surface area (TPSA) is 187 Å². The lowest BCUT2D eigenvalue weighted by Crippen LogP contribution is -2.36. The third-order valence-corrected chi connectivity index (χ3v) is 9.34. The van der Waals surface area contributed by atoms with Gasteiger partial charge in [-0.15, -0.1) is 0 Å². The van der Waals surface area contributed by atoms with Crippen molar-refractivity contribution in [1.29, 1.82) is 0 Å². The normalized spacial score (nSPS) is 15.1. The highest BCUT2D eigenvalue weighted by atomic mass is 32.2. The average molecular weight is 637 g/mol. The third kappa shape index (κ3) is 5.08. The average Bonchev–Trinajstić information content (AvgIpc) is 2.56. The fourth-order valence-electron chi connectivity index (χ4n) is 1.90. The molecule has 0 atom stereocenters. The number of sulfonamides is 1. The first-order valence-electron chi connectivity index (χ1n) is 7.22. The lowest BCUT2D eigenvalue weighted by Gasteiger charge is -2.22. The van der Waals surface area contributed by atoms with Crippen LogP contribution in [-0.2, 0) is 39.5 Å². The molecule has 11 nitrogen and oxygen atoms in total. The minimum absolute atomic E-state index is 0.204. The SMILES string of the molecule is Nc1nc(NS(=O)(=O)C(F)(F)F)c(S(=O)(=O)C(F)(F)F)c(S(=O)(=O)C(F)(F)F)c1S(=O)(=O)C(F)(F)F. The van der Waals surface area contributed by atoms with Gasteiger partial charge in [0.2, 0.25) is 0 Å². The lowest BCUT2D eigenvalue weighted by molar-refractivity contribution is -0.0465. The van der Waals surface area contributed by atoms with Gasteiger partial charge in [-0.3, -0.25) is 4.72 Å². The molecule has 0 amide bonds. The zero-order valence-corrected chi connectivity index (χ0v) is 18.7. The number of nitrogens with one attached hydrogen (secondary N) is 1. The first-order chi connectivity index (χ1) is 15.4. The number of rotatable bonds is 5. The molecule has 210 valence electrons. The highest BCUT2D eigenvalue weighted by Gasteiger charge is 2.61. The van der Waals surface area contributed by atoms with Crippen molar-refractivity contribution >= 4 is 51.2 Å². The summed E-state index contributed by atoms with van der Waals surface area (Å²) in [5.41, 5.74) is -23.3. The van der Waals surface area contributed by atoms with Gasteiger partial charge in [0.25, 0.3) is 29.5 Å². The molecule has 1 heterocycles. The van der Waals surface area contributed by atoms with Gasteiger partial charge in [-0.25, -0.2) is 30.2 Å². The summed E-state index contributed by atoms with van der Waals surface area (Å²) in [6.45, 7) is 0. The monoisotopic (exact) mass is 637 g/mol. The van der Waals surface area contributed by atoms with E-state index in [1.807, 2.05) is 4.98 Å². The van der Waals surface area contributed by atoms with Gasteiger partial charge in [-0.2, -0.15) is 61.1 Å². The van der Waals surface area contributed by atoms with Crippen LogP contribution in [0.1, 0.15) is 0 Å². The lowest BCUT2D eigenvalue weighted by atomic mass is 10.4. The van der Waals surface area contributed by atoms with Crippen molar-refractivity contribution in [3.63, 3.8) is 0 Å². The molecule has 0 aromatic carbocycles. The van der Waals surface area contributed by atoms with Crippen molar-refractivity contribution in [2.24, 2.45) is 0 Å². The van der Waals surface area contributed by atoms with Crippen LogP contribution in [0.2, 0.25) is 0 Å². The van der Waals surface area contributed by atoms with E-state index in [1.54, 1.807) is 0 Å². The largest absolute Gasteiger partial charge is 0.516 e. The minimum Gasteiger partial charge on any atom is -0.382 e. The summed E-state index contributed by atoms with van der Waals surface area (Å²) in [5.74, 6) is -5.98. The van der Waals surface area contributed by atoms with Gasteiger partial charge in [0, 0.05) is 0 Å². The summed E-state index contributed by atoms with van der Waals surface area (Å²) >= 11 is 0. The number of pyridine rings is 1. The van der Waals surface area contributed by atoms with Crippen molar-refractivity contribution in [2.45, 2.75) is 36.7 Å². The number of halogens is 12. The maximum absolute atomic E-state index is 13.1. The molecule has 0 aliphatic rings. The van der Waals surface area contributed by atoms with Gasteiger partial charge in [0.05, 0.1) is 0 Å². The summed E-state index contributed by atoms with van der Waals surface area (Å²) in [5, 5.41) is 0. The Morgan fingerprint density at radius 2 is 0.833 bits per heavy atom. The molecule has 0 radical (unpaired) electrons. The molecule has 1 rings (SSSR count). The van der Waals surface area contributed by atoms with Crippen molar-refractivity contribution in [3.05, 3.63) is 0 Å². The molecule has 1 aromatic heterocycles. The fourth-order valence-corrected chi connectivity index (χ4v) is 6.62. The van der Waals surface area contributed by atoms with Crippen molar-refractivity contribution < 1.29 is 86.4 Å². The Hall–Kier alpha value is -2.29. The fraction of sp³-hybridized carbons (Fsp3) is 0.444. The number of hydrogen-bond donors (Lipinski definition) is 2. The summed E-state index contributed by atoms with van der Waals surface area (Å²) in [6, 6.07) is 0. The van der Waals surface area contributed by atoms with Gasteiger partial charge >= 0.3 is 32.1 Å². The number of nitrogens with zero attached hydrogens (tertiary/aromatic N) is 1. The second kappa shape index (κ2) is 8.36. The van der Waals surface area contributed by atoms with E-state index in [1.165, 1.54) is 0 Å². The summed E-state index contributed by atoms with van der Waals surface area (Å²) < 4.78 is 248. The Bertz CT molecular complexity index is 1500. The maximum Gasteiger partial charge on any atom is 0.516 e. The van der Waals surface area contributed by atoms with E-state index >= 15 is 0 Å². The Morgan fingerprint density at radius 1 is 0.528 bits per heavy atom. The second-order valence-electron chi connectivity index (χ2n) is 5.73. The van der Waals surface area contributed by atoms with Crippen LogP contribution in [0.3, 0.4) is 0 Å². The molecular weight excluding hydrogens is 634 g/mol. The van der Waals surface area contributed by atoms with Gasteiger partial charge in [-0.1, -0.05) is 0 Å². The first-order valence-corrected chi connectivity index (χ1v) is 13.2. The molecule has 0 saturated heterocycles. The van der Waals surface area contributed by atoms with Crippen LogP contribution in [0, 0.1) is 0 Å². The molecule has 0 saturated carbocycles. The molecule has 0 unspecified atom stereocenters. The van der Waals surface area contributed by atoms with Gasteiger partial charge < -0.3 is 5.73 Å². The Morgan fingerprint density at radius 3 is 1.14 bits per heavy atom. The number of sulfone groups is 3. The zero-order chi connectivity index (χ0) is 29.3. The molecule has 27 heteroatoms. The smallest absolute Gasteiger partial charge is 0.382 e. The van der Waals surface area contributed by atoms with Crippen LogP contribution in [0.4, 0.5) is 64.3 Å². The van der Waals surface area contributed by atoms with Crippen LogP contribution < -0.4 is 10.5 Å². The molecule has 0 fully saturated rings. The van der Waals surface area contributed by atoms with Gasteiger partial charge in [-0.05, 0) is 0 Å². The molecular formula is C9H3F12N3O8S4. The molecule has 3 N–H and O–H groups in total. The van der Waals surface area contributed by atoms with E-state index in [4.69, 9.17) is 0 Å². The van der Waals surface area contributed by atoms with E-state index in [0.29, 0.717) is 0 Å². The third-order valence-electron chi connectivity index (χ3n) is 3.35. The van der Waals surface area contributed by atoms with E-state index < -0.39 is 87.9 Å². The number of anilines is 2. The van der Waals surface area contributed by atoms with Crippen LogP contribution in [-0.4, -0.2) is 60.7 Å². The summed E-state index contributed by atoms with van der Waals surface area (Å²) in [6.07, 6.45) is 0. The maximum atomic E-state index is 13.1. The van der Waals surface area contributed by atoms with Crippen LogP contribution in [0.15, 0.2) is 14.7 Å². The number of hydrogen-bond acceptors (Lipinski definition) is 10. The molecule has 0 spiro atoms. The van der Waals surface area contributed by atoms with Gasteiger partial charge in [0.1, 0.15) is 20.5 Å². The number of aromatic nitrogens is 1. The first kappa shape index (κ1) is 31.7. The molecule has 1 aromatic rings. The molecule has 0 aliphatic heterocycles. The van der Waals surface area contributed by atoms with Gasteiger partial charge in [0.15, 0.2) is 5.82 Å². The standard InChI is InChI=1S/C9H3F12N3O8S4/c10-6(11,12)33(25,26)1-2(34(27,28)7(13,14)15)4(22)23-5(24-36(31,32)9(19,20)21)3(1)35(29,30)8(16,17)18/h(H3,22,23,24). The minimum atomic E-state index is -8.06. The van der Waals surface area contributed by atoms with E-state index in [-0.39, 0.29) is 4.72 Å². The predicted octanol–water partition coefficient (Wildman–Crippen LogP) is 1.81. The number of nitrogen functional groups attached to an aromatic ring is 1. The van der Waals surface area contributed by atoms with Crippen LogP contribution >= 0.6 is 0 Å². The van der Waals surface area contributed by atoms with Crippen molar-refractivity contribution in [1.82, 2.24) is 4.98 Å². The molecule has 36 heavy (non-hydrogen) atoms. The Kier molecular flexibility index (Phi) is 7.37. The summed E-state index contributed by atoms with van der Waals surface area (Å²) in [4.78, 5) is -9.56. The van der Waals surface area contributed by atoms with E-state index in [9.17, 15) is 86.4 Å².